The molecule has 0 aliphatic heterocycles. The lowest BCUT2D eigenvalue weighted by Gasteiger charge is -2.15. The van der Waals surface area contributed by atoms with E-state index < -0.39 is 0 Å². The van der Waals surface area contributed by atoms with E-state index in [2.05, 4.69) is 40.1 Å². The molecule has 0 aromatic carbocycles. The van der Waals surface area contributed by atoms with E-state index in [1.165, 1.54) is 19.3 Å². The Balaban J connectivity index is 2.44. The fourth-order valence-electron chi connectivity index (χ4n) is 1.82. The van der Waals surface area contributed by atoms with Crippen LogP contribution in [0.25, 0.3) is 0 Å². The van der Waals surface area contributed by atoms with Crippen LogP contribution in [0.15, 0.2) is 22.9 Å². The Labute approximate surface area is 118 Å². The SMILES string of the molecule is CCCCC(CC)CNC(=O)c1cncc(Br)c1. The van der Waals surface area contributed by atoms with Gasteiger partial charge in [0, 0.05) is 23.4 Å². The van der Waals surface area contributed by atoms with Crippen LogP contribution in [0.5, 0.6) is 0 Å². The lowest BCUT2D eigenvalue weighted by molar-refractivity contribution is 0.0945. The number of rotatable bonds is 7. The molecule has 1 rings (SSSR count). The van der Waals surface area contributed by atoms with E-state index in [9.17, 15) is 4.79 Å². The zero-order chi connectivity index (χ0) is 13.4. The van der Waals surface area contributed by atoms with Gasteiger partial charge in [0.1, 0.15) is 0 Å². The number of pyridine rings is 1. The Kier molecular flexibility index (Phi) is 6.94. The fraction of sp³-hybridized carbons (Fsp3) is 0.571. The standard InChI is InChI=1S/C14H21BrN2O/c1-3-5-6-11(4-2)8-17-14(18)12-7-13(15)10-16-9-12/h7,9-11H,3-6,8H2,1-2H3,(H,17,18). The number of hydrogen-bond donors (Lipinski definition) is 1. The van der Waals surface area contributed by atoms with Crippen molar-refractivity contribution in [3.63, 3.8) is 0 Å². The van der Waals surface area contributed by atoms with Gasteiger partial charge < -0.3 is 5.32 Å². The Morgan fingerprint density at radius 2 is 2.22 bits per heavy atom. The first-order valence-electron chi connectivity index (χ1n) is 6.56. The number of carbonyl (C=O) groups excluding carboxylic acids is 1. The van der Waals surface area contributed by atoms with E-state index in [-0.39, 0.29) is 5.91 Å². The van der Waals surface area contributed by atoms with Crippen molar-refractivity contribution in [1.29, 1.82) is 0 Å². The highest BCUT2D eigenvalue weighted by Gasteiger charge is 2.10. The molecule has 0 saturated heterocycles. The number of unbranched alkanes of at least 4 members (excludes halogenated alkanes) is 1. The Morgan fingerprint density at radius 3 is 2.83 bits per heavy atom. The number of amides is 1. The van der Waals surface area contributed by atoms with Crippen molar-refractivity contribution in [2.75, 3.05) is 6.54 Å². The van der Waals surface area contributed by atoms with Crippen molar-refractivity contribution >= 4 is 21.8 Å². The Hall–Kier alpha value is -0.900. The molecule has 0 bridgehead atoms. The van der Waals surface area contributed by atoms with Crippen LogP contribution in [0.3, 0.4) is 0 Å². The summed E-state index contributed by atoms with van der Waals surface area (Å²) in [5.41, 5.74) is 0.606. The van der Waals surface area contributed by atoms with Crippen LogP contribution in [0, 0.1) is 5.92 Å². The molecule has 0 saturated carbocycles. The van der Waals surface area contributed by atoms with Gasteiger partial charge in [-0.05, 0) is 34.3 Å². The van der Waals surface area contributed by atoms with Crippen molar-refractivity contribution in [2.24, 2.45) is 5.92 Å². The predicted octanol–water partition coefficient (Wildman–Crippen LogP) is 3.79. The van der Waals surface area contributed by atoms with Gasteiger partial charge in [-0.2, -0.15) is 0 Å². The van der Waals surface area contributed by atoms with Gasteiger partial charge in [-0.3, -0.25) is 9.78 Å². The molecule has 3 nitrogen and oxygen atoms in total. The number of aromatic nitrogens is 1. The van der Waals surface area contributed by atoms with Crippen LogP contribution < -0.4 is 5.32 Å². The van der Waals surface area contributed by atoms with Crippen LogP contribution in [-0.4, -0.2) is 17.4 Å². The molecule has 0 spiro atoms. The van der Waals surface area contributed by atoms with Gasteiger partial charge in [0.05, 0.1) is 5.56 Å². The Morgan fingerprint density at radius 1 is 1.44 bits per heavy atom. The number of carbonyl (C=O) groups is 1. The van der Waals surface area contributed by atoms with Crippen LogP contribution in [0.1, 0.15) is 49.9 Å². The molecule has 18 heavy (non-hydrogen) atoms. The Bertz CT molecular complexity index is 382. The fourth-order valence-corrected chi connectivity index (χ4v) is 2.18. The highest BCUT2D eigenvalue weighted by atomic mass is 79.9. The quantitative estimate of drug-likeness (QED) is 0.832. The maximum atomic E-state index is 11.9. The molecule has 1 aromatic rings. The first kappa shape index (κ1) is 15.2. The highest BCUT2D eigenvalue weighted by Crippen LogP contribution is 2.12. The molecule has 1 unspecified atom stereocenters. The maximum absolute atomic E-state index is 11.9. The second-order valence-corrected chi connectivity index (χ2v) is 5.43. The zero-order valence-corrected chi connectivity index (χ0v) is 12.7. The van der Waals surface area contributed by atoms with E-state index in [0.29, 0.717) is 11.5 Å². The van der Waals surface area contributed by atoms with Crippen LogP contribution in [-0.2, 0) is 0 Å². The van der Waals surface area contributed by atoms with E-state index >= 15 is 0 Å². The van der Waals surface area contributed by atoms with Gasteiger partial charge in [0.25, 0.3) is 5.91 Å². The molecule has 1 heterocycles. The zero-order valence-electron chi connectivity index (χ0n) is 11.1. The van der Waals surface area contributed by atoms with Crippen LogP contribution in [0.4, 0.5) is 0 Å². The molecule has 0 aliphatic carbocycles. The molecular weight excluding hydrogens is 292 g/mol. The average molecular weight is 313 g/mol. The molecule has 1 amide bonds. The van der Waals surface area contributed by atoms with Gasteiger partial charge in [0.2, 0.25) is 0 Å². The van der Waals surface area contributed by atoms with Crippen molar-refractivity contribution < 1.29 is 4.79 Å². The van der Waals surface area contributed by atoms with Crippen molar-refractivity contribution in [3.8, 4) is 0 Å². The van der Waals surface area contributed by atoms with Gasteiger partial charge in [0.15, 0.2) is 0 Å². The van der Waals surface area contributed by atoms with Crippen molar-refractivity contribution in [1.82, 2.24) is 10.3 Å². The summed E-state index contributed by atoms with van der Waals surface area (Å²) in [4.78, 5) is 15.9. The molecule has 1 N–H and O–H groups in total. The first-order valence-corrected chi connectivity index (χ1v) is 7.35. The van der Waals surface area contributed by atoms with Gasteiger partial charge >= 0.3 is 0 Å². The summed E-state index contributed by atoms with van der Waals surface area (Å²) in [6.45, 7) is 5.12. The lowest BCUT2D eigenvalue weighted by Crippen LogP contribution is -2.29. The summed E-state index contributed by atoms with van der Waals surface area (Å²) in [5.74, 6) is 0.535. The maximum Gasteiger partial charge on any atom is 0.252 e. The summed E-state index contributed by atoms with van der Waals surface area (Å²) in [7, 11) is 0. The largest absolute Gasteiger partial charge is 0.352 e. The monoisotopic (exact) mass is 312 g/mol. The van der Waals surface area contributed by atoms with Gasteiger partial charge in [-0.1, -0.05) is 33.1 Å². The summed E-state index contributed by atoms with van der Waals surface area (Å²) in [6.07, 6.45) is 7.99. The molecule has 4 heteroatoms. The normalized spacial score (nSPS) is 12.2. The number of halogens is 1. The van der Waals surface area contributed by atoms with E-state index in [1.807, 2.05) is 0 Å². The molecule has 1 atom stereocenters. The van der Waals surface area contributed by atoms with E-state index in [1.54, 1.807) is 18.5 Å². The average Bonchev–Trinajstić information content (AvgIpc) is 2.38. The van der Waals surface area contributed by atoms with Crippen LogP contribution in [0.2, 0.25) is 0 Å². The van der Waals surface area contributed by atoms with Crippen molar-refractivity contribution in [2.45, 2.75) is 39.5 Å². The summed E-state index contributed by atoms with van der Waals surface area (Å²) < 4.78 is 0.827. The second-order valence-electron chi connectivity index (χ2n) is 4.52. The van der Waals surface area contributed by atoms with Gasteiger partial charge in [-0.15, -0.1) is 0 Å². The van der Waals surface area contributed by atoms with E-state index in [0.717, 1.165) is 17.4 Å². The minimum Gasteiger partial charge on any atom is -0.352 e. The molecule has 0 aliphatic rings. The second kappa shape index (κ2) is 8.25. The topological polar surface area (TPSA) is 42.0 Å². The summed E-state index contributed by atoms with van der Waals surface area (Å²) in [6, 6.07) is 1.79. The number of nitrogens with one attached hydrogen (secondary N) is 1. The molecular formula is C14H21BrN2O. The third kappa shape index (κ3) is 5.17. The smallest absolute Gasteiger partial charge is 0.252 e. The first-order chi connectivity index (χ1) is 8.67. The minimum atomic E-state index is -0.0428. The lowest BCUT2D eigenvalue weighted by atomic mass is 9.99. The predicted molar refractivity (Wildman–Crippen MR) is 77.6 cm³/mol. The minimum absolute atomic E-state index is 0.0428. The third-order valence-corrected chi connectivity index (χ3v) is 3.50. The van der Waals surface area contributed by atoms with Crippen molar-refractivity contribution in [3.05, 3.63) is 28.5 Å². The molecule has 1 aromatic heterocycles. The highest BCUT2D eigenvalue weighted by molar-refractivity contribution is 9.10. The third-order valence-electron chi connectivity index (χ3n) is 3.06. The van der Waals surface area contributed by atoms with Gasteiger partial charge in [-0.25, -0.2) is 0 Å². The summed E-state index contributed by atoms with van der Waals surface area (Å²) >= 11 is 3.32. The summed E-state index contributed by atoms with van der Waals surface area (Å²) in [5, 5.41) is 2.99. The number of hydrogen-bond acceptors (Lipinski definition) is 2. The van der Waals surface area contributed by atoms with E-state index in [4.69, 9.17) is 0 Å². The number of nitrogens with zero attached hydrogens (tertiary/aromatic N) is 1. The molecule has 100 valence electrons. The molecule has 0 radical (unpaired) electrons. The van der Waals surface area contributed by atoms with Crippen LogP contribution >= 0.6 is 15.9 Å². The molecule has 0 fully saturated rings.